The van der Waals surface area contributed by atoms with Crippen molar-refractivity contribution in [1.29, 1.82) is 0 Å². The van der Waals surface area contributed by atoms with E-state index in [0.29, 0.717) is 0 Å². The first-order chi connectivity index (χ1) is 10.6. The van der Waals surface area contributed by atoms with Crippen LogP contribution in [-0.2, 0) is 25.2 Å². The summed E-state index contributed by atoms with van der Waals surface area (Å²) in [6.45, 7) is 7.09. The van der Waals surface area contributed by atoms with E-state index < -0.39 is 29.6 Å². The van der Waals surface area contributed by atoms with E-state index in [4.69, 9.17) is 0 Å². The van der Waals surface area contributed by atoms with Crippen LogP contribution < -0.4 is 0 Å². The largest absolute Gasteiger partial charge is 0.466 e. The van der Waals surface area contributed by atoms with Crippen molar-refractivity contribution in [3.05, 3.63) is 59.7 Å². The molecular formula is C16H15F3O4. The first-order valence-electron chi connectivity index (χ1n) is 6.34. The third-order valence-electron chi connectivity index (χ3n) is 3.16. The maximum atomic E-state index is 12.6. The van der Waals surface area contributed by atoms with Gasteiger partial charge < -0.3 is 9.47 Å². The van der Waals surface area contributed by atoms with Crippen LogP contribution in [0.25, 0.3) is 0 Å². The van der Waals surface area contributed by atoms with Gasteiger partial charge >= 0.3 is 18.1 Å². The first-order valence-corrected chi connectivity index (χ1v) is 6.34. The van der Waals surface area contributed by atoms with E-state index in [1.807, 2.05) is 0 Å². The quantitative estimate of drug-likeness (QED) is 0.615. The maximum Gasteiger partial charge on any atom is 0.416 e. The zero-order valence-corrected chi connectivity index (χ0v) is 12.6. The predicted molar refractivity (Wildman–Crippen MR) is 76.5 cm³/mol. The van der Waals surface area contributed by atoms with Crippen LogP contribution in [0.2, 0.25) is 0 Å². The molecule has 0 atom stereocenters. The zero-order valence-electron chi connectivity index (χ0n) is 12.6. The second-order valence-electron chi connectivity index (χ2n) is 4.59. The highest BCUT2D eigenvalue weighted by atomic mass is 19.4. The molecule has 0 fully saturated rings. The van der Waals surface area contributed by atoms with E-state index in [2.05, 4.69) is 22.6 Å². The number of alkyl halides is 3. The number of rotatable bonds is 5. The lowest BCUT2D eigenvalue weighted by atomic mass is 9.85. The van der Waals surface area contributed by atoms with E-state index in [9.17, 15) is 22.8 Å². The van der Waals surface area contributed by atoms with E-state index >= 15 is 0 Å². The van der Waals surface area contributed by atoms with Gasteiger partial charge in [0.25, 0.3) is 0 Å². The monoisotopic (exact) mass is 328 g/mol. The van der Waals surface area contributed by atoms with Gasteiger partial charge in [0, 0.05) is 17.1 Å². The maximum absolute atomic E-state index is 12.6. The Morgan fingerprint density at radius 3 is 1.65 bits per heavy atom. The van der Waals surface area contributed by atoms with Gasteiger partial charge in [-0.3, -0.25) is 0 Å². The van der Waals surface area contributed by atoms with Gasteiger partial charge in [-0.15, -0.1) is 0 Å². The highest BCUT2D eigenvalue weighted by Gasteiger charge is 2.32. The Balaban J connectivity index is 3.29. The molecule has 0 aliphatic rings. The zero-order chi connectivity index (χ0) is 17.8. The van der Waals surface area contributed by atoms with Gasteiger partial charge in [-0.05, 0) is 17.7 Å². The minimum Gasteiger partial charge on any atom is -0.466 e. The summed E-state index contributed by atoms with van der Waals surface area (Å²) in [6.07, 6.45) is -4.49. The van der Waals surface area contributed by atoms with Gasteiger partial charge in [-0.25, -0.2) is 9.59 Å². The Morgan fingerprint density at radius 2 is 1.35 bits per heavy atom. The number of carbonyl (C=O) groups is 2. The molecule has 0 aliphatic carbocycles. The Kier molecular flexibility index (Phi) is 5.73. The number of halogens is 3. The molecule has 0 saturated heterocycles. The lowest BCUT2D eigenvalue weighted by Gasteiger charge is -2.20. The van der Waals surface area contributed by atoms with E-state index in [1.165, 1.54) is 0 Å². The summed E-state index contributed by atoms with van der Waals surface area (Å²) < 4.78 is 46.9. The lowest BCUT2D eigenvalue weighted by Crippen LogP contribution is -2.19. The van der Waals surface area contributed by atoms with Crippen molar-refractivity contribution in [3.63, 3.8) is 0 Å². The van der Waals surface area contributed by atoms with Crippen LogP contribution in [0, 0.1) is 0 Å². The van der Waals surface area contributed by atoms with Crippen LogP contribution in [0.3, 0.4) is 0 Å². The fourth-order valence-corrected chi connectivity index (χ4v) is 1.98. The van der Waals surface area contributed by atoms with Crippen molar-refractivity contribution < 1.29 is 32.2 Å². The average molecular weight is 328 g/mol. The lowest BCUT2D eigenvalue weighted by molar-refractivity contribution is -0.138. The molecule has 0 bridgehead atoms. The molecule has 0 unspecified atom stereocenters. The molecule has 0 N–H and O–H groups in total. The van der Waals surface area contributed by atoms with Crippen LogP contribution in [0.15, 0.2) is 48.6 Å². The number of hydrogen-bond donors (Lipinski definition) is 0. The molecule has 0 spiro atoms. The number of esters is 2. The number of hydrogen-bond acceptors (Lipinski definition) is 4. The van der Waals surface area contributed by atoms with Gasteiger partial charge in [0.2, 0.25) is 0 Å². The van der Waals surface area contributed by atoms with Crippen molar-refractivity contribution in [2.24, 2.45) is 0 Å². The molecule has 0 aromatic heterocycles. The molecule has 23 heavy (non-hydrogen) atoms. The van der Waals surface area contributed by atoms with Gasteiger partial charge in [0.05, 0.1) is 19.8 Å². The topological polar surface area (TPSA) is 52.6 Å². The highest BCUT2D eigenvalue weighted by molar-refractivity contribution is 5.97. The molecule has 0 amide bonds. The molecule has 1 aromatic carbocycles. The number of benzene rings is 1. The molecule has 1 aromatic rings. The summed E-state index contributed by atoms with van der Waals surface area (Å²) in [4.78, 5) is 23.3. The number of methoxy groups -OCH3 is 2. The average Bonchev–Trinajstić information content (AvgIpc) is 2.52. The molecule has 4 nitrogen and oxygen atoms in total. The van der Waals surface area contributed by atoms with Crippen LogP contribution in [0.4, 0.5) is 13.2 Å². The molecule has 0 saturated carbocycles. The molecule has 124 valence electrons. The summed E-state index contributed by atoms with van der Waals surface area (Å²) in [7, 11) is 2.25. The van der Waals surface area contributed by atoms with Gasteiger partial charge in [0.1, 0.15) is 0 Å². The van der Waals surface area contributed by atoms with Crippen molar-refractivity contribution in [2.45, 2.75) is 12.1 Å². The van der Waals surface area contributed by atoms with Crippen LogP contribution in [-0.4, -0.2) is 26.2 Å². The van der Waals surface area contributed by atoms with Gasteiger partial charge in [-0.2, -0.15) is 13.2 Å². The summed E-state index contributed by atoms with van der Waals surface area (Å²) >= 11 is 0. The summed E-state index contributed by atoms with van der Waals surface area (Å²) in [5, 5.41) is 0. The van der Waals surface area contributed by atoms with Crippen LogP contribution in [0.5, 0.6) is 0 Å². The smallest absolute Gasteiger partial charge is 0.416 e. The normalized spacial score (nSPS) is 11.0. The third kappa shape index (κ3) is 4.21. The van der Waals surface area contributed by atoms with Gasteiger partial charge in [-0.1, -0.05) is 25.3 Å². The fourth-order valence-electron chi connectivity index (χ4n) is 1.98. The molecule has 1 rings (SSSR count). The molecule has 0 aliphatic heterocycles. The standard InChI is InChI=1S/C16H15F3O4/c1-9(14(20)22-3)13(10(2)15(21)23-4)11-5-7-12(8-6-11)16(17,18)19/h5-8,13H,1-2H2,3-4H3. The van der Waals surface area contributed by atoms with Crippen molar-refractivity contribution >= 4 is 11.9 Å². The van der Waals surface area contributed by atoms with Crippen molar-refractivity contribution in [1.82, 2.24) is 0 Å². The van der Waals surface area contributed by atoms with E-state index in [0.717, 1.165) is 38.5 Å². The minimum absolute atomic E-state index is 0.136. The summed E-state index contributed by atoms with van der Waals surface area (Å²) in [5.41, 5.74) is -0.888. The third-order valence-corrected chi connectivity index (χ3v) is 3.16. The molecular weight excluding hydrogens is 313 g/mol. The van der Waals surface area contributed by atoms with E-state index in [1.54, 1.807) is 0 Å². The Bertz CT molecular complexity index is 602. The summed E-state index contributed by atoms with van der Waals surface area (Å²) in [6, 6.07) is 3.99. The minimum atomic E-state index is -4.49. The Labute approximate surface area is 131 Å². The predicted octanol–water partition coefficient (Wildman–Crippen LogP) is 3.25. The summed E-state index contributed by atoms with van der Waals surface area (Å²) in [5.74, 6) is -2.66. The van der Waals surface area contributed by atoms with Crippen LogP contribution in [0.1, 0.15) is 17.0 Å². The number of carbonyl (C=O) groups excluding carboxylic acids is 2. The van der Waals surface area contributed by atoms with Crippen LogP contribution >= 0.6 is 0 Å². The number of ether oxygens (including phenoxy) is 2. The molecule has 0 heterocycles. The molecule has 7 heteroatoms. The molecule has 0 radical (unpaired) electrons. The van der Waals surface area contributed by atoms with Gasteiger partial charge in [0.15, 0.2) is 0 Å². The second-order valence-corrected chi connectivity index (χ2v) is 4.59. The van der Waals surface area contributed by atoms with E-state index in [-0.39, 0.29) is 16.7 Å². The highest BCUT2D eigenvalue weighted by Crippen LogP contribution is 2.34. The SMILES string of the molecule is C=C(C(=O)OC)C(C(=C)C(=O)OC)c1ccc(C(F)(F)F)cc1. The second kappa shape index (κ2) is 7.13. The Hall–Kier alpha value is -2.57. The van der Waals surface area contributed by atoms with Crippen molar-refractivity contribution in [3.8, 4) is 0 Å². The Morgan fingerprint density at radius 1 is 0.957 bits per heavy atom. The first kappa shape index (κ1) is 18.5. The van der Waals surface area contributed by atoms with Crippen molar-refractivity contribution in [2.75, 3.05) is 14.2 Å². The fraction of sp³-hybridized carbons (Fsp3) is 0.250.